The molecule has 2 rings (SSSR count). The number of hydrogen-bond acceptors (Lipinski definition) is 5. The Balaban J connectivity index is 2.09. The standard InChI is InChI=1S/C19H24FN3O3S/c1-4-26-18(24)16-12-27-17(22-16)11-23(9-8-13(2)3)19(25)21-15-7-5-6-14(20)10-15/h5-7,10,12-13H,4,8-9,11H2,1-3H3,(H,21,25). The Morgan fingerprint density at radius 3 is 2.81 bits per heavy atom. The Bertz CT molecular complexity index is 779. The van der Waals surface area contributed by atoms with Gasteiger partial charge in [-0.3, -0.25) is 0 Å². The normalized spacial score (nSPS) is 10.7. The predicted octanol–water partition coefficient (Wildman–Crippen LogP) is 4.54. The van der Waals surface area contributed by atoms with Crippen molar-refractivity contribution >= 4 is 29.0 Å². The van der Waals surface area contributed by atoms with Gasteiger partial charge < -0.3 is 15.0 Å². The molecule has 146 valence electrons. The zero-order valence-electron chi connectivity index (χ0n) is 15.7. The Morgan fingerprint density at radius 2 is 2.15 bits per heavy atom. The molecule has 1 aromatic carbocycles. The van der Waals surface area contributed by atoms with E-state index in [4.69, 9.17) is 4.74 Å². The summed E-state index contributed by atoms with van der Waals surface area (Å²) in [5.74, 6) is -0.473. The fraction of sp³-hybridized carbons (Fsp3) is 0.421. The Labute approximate surface area is 162 Å². The second-order valence-electron chi connectivity index (χ2n) is 6.39. The topological polar surface area (TPSA) is 71.5 Å². The van der Waals surface area contributed by atoms with Gasteiger partial charge >= 0.3 is 12.0 Å². The highest BCUT2D eigenvalue weighted by Crippen LogP contribution is 2.16. The van der Waals surface area contributed by atoms with Gasteiger partial charge in [-0.25, -0.2) is 19.0 Å². The van der Waals surface area contributed by atoms with Crippen LogP contribution in [-0.4, -0.2) is 35.0 Å². The van der Waals surface area contributed by atoms with Crippen LogP contribution in [0.15, 0.2) is 29.6 Å². The van der Waals surface area contributed by atoms with Crippen LogP contribution in [0.4, 0.5) is 14.9 Å². The highest BCUT2D eigenvalue weighted by Gasteiger charge is 2.18. The molecule has 2 amide bonds. The van der Waals surface area contributed by atoms with Crippen LogP contribution in [0.25, 0.3) is 0 Å². The monoisotopic (exact) mass is 393 g/mol. The zero-order valence-corrected chi connectivity index (χ0v) is 16.5. The largest absolute Gasteiger partial charge is 0.461 e. The minimum Gasteiger partial charge on any atom is -0.461 e. The molecule has 27 heavy (non-hydrogen) atoms. The van der Waals surface area contributed by atoms with Gasteiger partial charge in [0.05, 0.1) is 13.2 Å². The van der Waals surface area contributed by atoms with Gasteiger partial charge in [0.25, 0.3) is 0 Å². The molecule has 0 aliphatic carbocycles. The number of anilines is 1. The second-order valence-corrected chi connectivity index (χ2v) is 7.33. The lowest BCUT2D eigenvalue weighted by atomic mass is 10.1. The fourth-order valence-corrected chi connectivity index (χ4v) is 3.06. The summed E-state index contributed by atoms with van der Waals surface area (Å²) in [5, 5.41) is 4.97. The van der Waals surface area contributed by atoms with E-state index in [1.807, 2.05) is 0 Å². The number of nitrogens with one attached hydrogen (secondary N) is 1. The van der Waals surface area contributed by atoms with E-state index < -0.39 is 11.8 Å². The maximum Gasteiger partial charge on any atom is 0.357 e. The summed E-state index contributed by atoms with van der Waals surface area (Å²) < 4.78 is 18.3. The molecule has 0 bridgehead atoms. The molecule has 8 heteroatoms. The summed E-state index contributed by atoms with van der Waals surface area (Å²) in [5.41, 5.74) is 0.632. The van der Waals surface area contributed by atoms with Crippen molar-refractivity contribution in [2.75, 3.05) is 18.5 Å². The number of carbonyl (C=O) groups is 2. The van der Waals surface area contributed by atoms with E-state index in [1.54, 1.807) is 23.3 Å². The molecule has 0 radical (unpaired) electrons. The molecule has 0 fully saturated rings. The van der Waals surface area contributed by atoms with Crippen molar-refractivity contribution in [3.05, 3.63) is 46.2 Å². The third-order valence-electron chi connectivity index (χ3n) is 3.70. The van der Waals surface area contributed by atoms with Crippen LogP contribution in [0.3, 0.4) is 0 Å². The van der Waals surface area contributed by atoms with Crippen LogP contribution in [0.5, 0.6) is 0 Å². The van der Waals surface area contributed by atoms with Gasteiger partial charge in [-0.15, -0.1) is 11.3 Å². The van der Waals surface area contributed by atoms with Crippen LogP contribution >= 0.6 is 11.3 Å². The summed E-state index contributed by atoms with van der Waals surface area (Å²) >= 11 is 1.30. The maximum absolute atomic E-state index is 13.3. The quantitative estimate of drug-likeness (QED) is 0.669. The van der Waals surface area contributed by atoms with E-state index in [9.17, 15) is 14.0 Å². The van der Waals surface area contributed by atoms with Crippen molar-refractivity contribution in [3.63, 3.8) is 0 Å². The van der Waals surface area contributed by atoms with E-state index in [0.717, 1.165) is 6.42 Å². The molecule has 0 atom stereocenters. The molecule has 1 N–H and O–H groups in total. The molecule has 2 aromatic rings. The number of carbonyl (C=O) groups excluding carboxylic acids is 2. The average Bonchev–Trinajstić information content (AvgIpc) is 3.07. The Morgan fingerprint density at radius 1 is 1.37 bits per heavy atom. The SMILES string of the molecule is CCOC(=O)c1csc(CN(CCC(C)C)C(=O)Nc2cccc(F)c2)n1. The van der Waals surface area contributed by atoms with Crippen molar-refractivity contribution in [1.82, 2.24) is 9.88 Å². The molecular weight excluding hydrogens is 369 g/mol. The van der Waals surface area contributed by atoms with E-state index in [-0.39, 0.29) is 24.9 Å². The van der Waals surface area contributed by atoms with E-state index in [0.29, 0.717) is 23.2 Å². The molecule has 1 aromatic heterocycles. The number of amides is 2. The van der Waals surface area contributed by atoms with Crippen molar-refractivity contribution in [3.8, 4) is 0 Å². The lowest BCUT2D eigenvalue weighted by Gasteiger charge is -2.23. The number of thiazole rings is 1. The zero-order chi connectivity index (χ0) is 19.8. The second kappa shape index (κ2) is 10.0. The molecule has 0 spiro atoms. The Hall–Kier alpha value is -2.48. The number of benzene rings is 1. The first-order valence-corrected chi connectivity index (χ1v) is 9.70. The smallest absolute Gasteiger partial charge is 0.357 e. The van der Waals surface area contributed by atoms with Crippen molar-refractivity contribution < 1.29 is 18.7 Å². The predicted molar refractivity (Wildman–Crippen MR) is 103 cm³/mol. The van der Waals surface area contributed by atoms with Gasteiger partial charge in [0.1, 0.15) is 10.8 Å². The molecule has 0 aliphatic rings. The van der Waals surface area contributed by atoms with E-state index >= 15 is 0 Å². The minimum atomic E-state index is -0.474. The van der Waals surface area contributed by atoms with Gasteiger partial charge in [-0.05, 0) is 37.5 Å². The molecule has 6 nitrogen and oxygen atoms in total. The van der Waals surface area contributed by atoms with E-state index in [1.165, 1.54) is 29.5 Å². The van der Waals surface area contributed by atoms with Gasteiger partial charge in [-0.1, -0.05) is 19.9 Å². The van der Waals surface area contributed by atoms with Gasteiger partial charge in [-0.2, -0.15) is 0 Å². The van der Waals surface area contributed by atoms with E-state index in [2.05, 4.69) is 24.1 Å². The van der Waals surface area contributed by atoms with Crippen LogP contribution < -0.4 is 5.32 Å². The number of rotatable bonds is 8. The highest BCUT2D eigenvalue weighted by molar-refractivity contribution is 7.09. The number of aromatic nitrogens is 1. The fourth-order valence-electron chi connectivity index (χ4n) is 2.28. The molecule has 0 saturated carbocycles. The van der Waals surface area contributed by atoms with Gasteiger partial charge in [0.15, 0.2) is 5.69 Å². The number of esters is 1. The summed E-state index contributed by atoms with van der Waals surface area (Å²) in [6, 6.07) is 5.41. The van der Waals surface area contributed by atoms with Gasteiger partial charge in [0.2, 0.25) is 0 Å². The first-order valence-electron chi connectivity index (χ1n) is 8.82. The molecule has 0 saturated heterocycles. The third kappa shape index (κ3) is 6.63. The number of nitrogens with zero attached hydrogens (tertiary/aromatic N) is 2. The number of ether oxygens (including phenoxy) is 1. The summed E-state index contributed by atoms with van der Waals surface area (Å²) in [7, 11) is 0. The molecule has 1 heterocycles. The first kappa shape index (κ1) is 20.8. The molecule has 0 unspecified atom stereocenters. The molecular formula is C19H24FN3O3S. The van der Waals surface area contributed by atoms with Crippen LogP contribution in [0, 0.1) is 11.7 Å². The molecule has 0 aliphatic heterocycles. The average molecular weight is 393 g/mol. The van der Waals surface area contributed by atoms with Crippen LogP contribution in [-0.2, 0) is 11.3 Å². The summed E-state index contributed by atoms with van der Waals surface area (Å²) in [4.78, 5) is 30.3. The number of hydrogen-bond donors (Lipinski definition) is 1. The van der Waals surface area contributed by atoms with Crippen molar-refractivity contribution in [2.24, 2.45) is 5.92 Å². The minimum absolute atomic E-state index is 0.242. The van der Waals surface area contributed by atoms with Crippen molar-refractivity contribution in [1.29, 1.82) is 0 Å². The van der Waals surface area contributed by atoms with Crippen molar-refractivity contribution in [2.45, 2.75) is 33.7 Å². The maximum atomic E-state index is 13.3. The number of halogens is 1. The van der Waals surface area contributed by atoms with Crippen LogP contribution in [0.1, 0.15) is 42.7 Å². The summed E-state index contributed by atoms with van der Waals surface area (Å²) in [6.07, 6.45) is 0.812. The third-order valence-corrected chi connectivity index (χ3v) is 4.54. The lowest BCUT2D eigenvalue weighted by molar-refractivity contribution is 0.0520. The lowest BCUT2D eigenvalue weighted by Crippen LogP contribution is -2.35. The summed E-state index contributed by atoms with van der Waals surface area (Å²) in [6.45, 7) is 6.94. The highest BCUT2D eigenvalue weighted by atomic mass is 32.1. The van der Waals surface area contributed by atoms with Gasteiger partial charge in [0, 0.05) is 17.6 Å². The Kier molecular flexibility index (Phi) is 7.72. The van der Waals surface area contributed by atoms with Crippen LogP contribution in [0.2, 0.25) is 0 Å². The first-order chi connectivity index (χ1) is 12.9. The number of urea groups is 1.